The normalized spacial score (nSPS) is 36.0. The third kappa shape index (κ3) is 1.50. The smallest absolute Gasteiger partial charge is 0.351 e. The van der Waals surface area contributed by atoms with Crippen molar-refractivity contribution in [1.82, 2.24) is 9.55 Å². The summed E-state index contributed by atoms with van der Waals surface area (Å²) in [5, 5.41) is 10.3. The Balaban J connectivity index is 2.04. The van der Waals surface area contributed by atoms with Crippen LogP contribution in [-0.4, -0.2) is 39.4 Å². The van der Waals surface area contributed by atoms with Crippen molar-refractivity contribution >= 4 is 11.8 Å². The Morgan fingerprint density at radius 2 is 2.30 bits per heavy atom. The Labute approximate surface area is 111 Å². The van der Waals surface area contributed by atoms with E-state index in [0.717, 1.165) is 10.8 Å². The predicted octanol–water partition coefficient (Wildman–Crippen LogP) is -1.21. The minimum atomic E-state index is -1.36. The second kappa shape index (κ2) is 4.00. The number of hydrogen-bond acceptors (Lipinski definition) is 7. The number of carbonyl (C=O) groups is 1. The van der Waals surface area contributed by atoms with Gasteiger partial charge in [0.2, 0.25) is 0 Å². The number of fused-ring (bicyclic) bond motifs is 1. The maximum Gasteiger partial charge on any atom is 0.351 e. The van der Waals surface area contributed by atoms with Gasteiger partial charge in [-0.25, -0.2) is 9.18 Å². The number of aliphatic hydroxyl groups is 1. The van der Waals surface area contributed by atoms with Gasteiger partial charge in [0.25, 0.3) is 0 Å². The second-order valence-electron chi connectivity index (χ2n) is 5.01. The number of nitrogens with zero attached hydrogens (tertiary/aromatic N) is 2. The van der Waals surface area contributed by atoms with Gasteiger partial charge in [0, 0.05) is 0 Å². The van der Waals surface area contributed by atoms with Crippen molar-refractivity contribution in [2.24, 2.45) is 5.41 Å². The highest BCUT2D eigenvalue weighted by molar-refractivity contribution is 5.80. The molecule has 108 valence electrons. The molecule has 1 aromatic heterocycles. The SMILES string of the molecule is CC12C(=O)OC[C@H]1O[C@@H](n1cc(F)c(N)nc1=O)C2O. The summed E-state index contributed by atoms with van der Waals surface area (Å²) in [6, 6.07) is 0. The van der Waals surface area contributed by atoms with E-state index in [9.17, 15) is 19.1 Å². The van der Waals surface area contributed by atoms with E-state index < -0.39 is 47.1 Å². The van der Waals surface area contributed by atoms with Crippen LogP contribution >= 0.6 is 0 Å². The molecule has 0 bridgehead atoms. The molecule has 0 aromatic carbocycles. The molecule has 2 aliphatic heterocycles. The zero-order valence-electron chi connectivity index (χ0n) is 10.4. The fourth-order valence-electron chi connectivity index (χ4n) is 2.50. The van der Waals surface area contributed by atoms with E-state index in [1.165, 1.54) is 6.92 Å². The average molecular weight is 285 g/mol. The van der Waals surface area contributed by atoms with E-state index in [2.05, 4.69) is 4.98 Å². The maximum absolute atomic E-state index is 13.4. The van der Waals surface area contributed by atoms with Crippen LogP contribution in [0.2, 0.25) is 0 Å². The van der Waals surface area contributed by atoms with Crippen LogP contribution < -0.4 is 11.4 Å². The van der Waals surface area contributed by atoms with Gasteiger partial charge in [0.05, 0.1) is 6.20 Å². The average Bonchev–Trinajstić information content (AvgIpc) is 2.81. The van der Waals surface area contributed by atoms with Gasteiger partial charge in [-0.1, -0.05) is 0 Å². The molecule has 2 aliphatic rings. The van der Waals surface area contributed by atoms with Crippen molar-refractivity contribution in [2.75, 3.05) is 12.3 Å². The Hall–Kier alpha value is -2.00. The largest absolute Gasteiger partial charge is 0.462 e. The molecule has 20 heavy (non-hydrogen) atoms. The first-order valence-electron chi connectivity index (χ1n) is 5.90. The molecule has 0 spiro atoms. The quantitative estimate of drug-likeness (QED) is 0.621. The van der Waals surface area contributed by atoms with E-state index in [1.807, 2.05) is 0 Å². The number of nitrogens with two attached hydrogens (primary N) is 1. The number of aliphatic hydroxyl groups excluding tert-OH is 1. The fraction of sp³-hybridized carbons (Fsp3) is 0.545. The number of ether oxygens (including phenoxy) is 2. The lowest BCUT2D eigenvalue weighted by Gasteiger charge is -2.23. The Kier molecular flexibility index (Phi) is 2.60. The van der Waals surface area contributed by atoms with Gasteiger partial charge in [-0.3, -0.25) is 9.36 Å². The van der Waals surface area contributed by atoms with Crippen LogP contribution in [0.3, 0.4) is 0 Å². The Bertz CT molecular complexity index is 647. The highest BCUT2D eigenvalue weighted by Crippen LogP contribution is 2.47. The zero-order valence-corrected chi connectivity index (χ0v) is 10.4. The lowest BCUT2D eigenvalue weighted by atomic mass is 9.82. The third-order valence-electron chi connectivity index (χ3n) is 3.87. The summed E-state index contributed by atoms with van der Waals surface area (Å²) in [5.74, 6) is -2.07. The molecule has 4 atom stereocenters. The standard InChI is InChI=1S/C11H12FN3O5/c1-11-5(3-19-9(11)17)20-8(6(11)16)15-2-4(12)7(13)14-10(15)18/h2,5-6,8,16H,3H2,1H3,(H2,13,14,18)/t5-,6?,8-,11?/m1/s1. The van der Waals surface area contributed by atoms with Crippen LogP contribution in [-0.2, 0) is 14.3 Å². The fourth-order valence-corrected chi connectivity index (χ4v) is 2.50. The molecule has 8 nitrogen and oxygen atoms in total. The molecule has 3 rings (SSSR count). The van der Waals surface area contributed by atoms with Gasteiger partial charge in [0.1, 0.15) is 24.2 Å². The zero-order chi connectivity index (χ0) is 14.7. The number of cyclic esters (lactones) is 1. The van der Waals surface area contributed by atoms with Gasteiger partial charge in [0.15, 0.2) is 17.9 Å². The van der Waals surface area contributed by atoms with Crippen molar-refractivity contribution in [3.05, 3.63) is 22.5 Å². The van der Waals surface area contributed by atoms with E-state index in [1.54, 1.807) is 0 Å². The van der Waals surface area contributed by atoms with Crippen molar-refractivity contribution < 1.29 is 23.8 Å². The van der Waals surface area contributed by atoms with Crippen LogP contribution in [0.4, 0.5) is 10.2 Å². The molecule has 1 aromatic rings. The summed E-state index contributed by atoms with van der Waals surface area (Å²) in [6.45, 7) is 1.45. The summed E-state index contributed by atoms with van der Waals surface area (Å²) in [6.07, 6.45) is -2.48. The lowest BCUT2D eigenvalue weighted by molar-refractivity contribution is -0.151. The number of aromatic nitrogens is 2. The predicted molar refractivity (Wildman–Crippen MR) is 61.9 cm³/mol. The van der Waals surface area contributed by atoms with Crippen LogP contribution in [0.15, 0.2) is 11.0 Å². The highest BCUT2D eigenvalue weighted by Gasteiger charge is 2.63. The van der Waals surface area contributed by atoms with Crippen LogP contribution in [0.5, 0.6) is 0 Å². The molecule has 3 heterocycles. The highest BCUT2D eigenvalue weighted by atomic mass is 19.1. The molecular weight excluding hydrogens is 273 g/mol. The molecular formula is C11H12FN3O5. The number of esters is 1. The molecule has 2 saturated heterocycles. The van der Waals surface area contributed by atoms with Crippen molar-refractivity contribution in [1.29, 1.82) is 0 Å². The first-order valence-corrected chi connectivity index (χ1v) is 5.90. The maximum atomic E-state index is 13.4. The third-order valence-corrected chi connectivity index (χ3v) is 3.87. The van der Waals surface area contributed by atoms with E-state index in [4.69, 9.17) is 15.2 Å². The topological polar surface area (TPSA) is 117 Å². The summed E-state index contributed by atoms with van der Waals surface area (Å²) in [7, 11) is 0. The van der Waals surface area contributed by atoms with Crippen molar-refractivity contribution in [2.45, 2.75) is 25.4 Å². The first kappa shape index (κ1) is 13.0. The van der Waals surface area contributed by atoms with Gasteiger partial charge in [-0.2, -0.15) is 4.98 Å². The number of rotatable bonds is 1. The monoisotopic (exact) mass is 285 g/mol. The Morgan fingerprint density at radius 3 is 2.95 bits per heavy atom. The molecule has 0 aliphatic carbocycles. The minimum Gasteiger partial charge on any atom is -0.462 e. The summed E-state index contributed by atoms with van der Waals surface area (Å²) >= 11 is 0. The number of nitrogen functional groups attached to an aromatic ring is 1. The van der Waals surface area contributed by atoms with E-state index in [-0.39, 0.29) is 6.61 Å². The molecule has 0 amide bonds. The Morgan fingerprint density at radius 1 is 1.60 bits per heavy atom. The van der Waals surface area contributed by atoms with Crippen molar-refractivity contribution in [3.8, 4) is 0 Å². The van der Waals surface area contributed by atoms with Crippen molar-refractivity contribution in [3.63, 3.8) is 0 Å². The number of carbonyl (C=O) groups excluding carboxylic acids is 1. The number of hydrogen-bond donors (Lipinski definition) is 2. The van der Waals surface area contributed by atoms with Crippen LogP contribution in [0, 0.1) is 11.2 Å². The molecule has 0 saturated carbocycles. The van der Waals surface area contributed by atoms with E-state index >= 15 is 0 Å². The van der Waals surface area contributed by atoms with Crippen LogP contribution in [0.25, 0.3) is 0 Å². The summed E-state index contributed by atoms with van der Waals surface area (Å²) in [5.41, 5.74) is 3.03. The molecule has 2 unspecified atom stereocenters. The number of anilines is 1. The van der Waals surface area contributed by atoms with E-state index in [0.29, 0.717) is 0 Å². The lowest BCUT2D eigenvalue weighted by Crippen LogP contribution is -2.42. The molecule has 0 radical (unpaired) electrons. The minimum absolute atomic E-state index is 0.0253. The van der Waals surface area contributed by atoms with Crippen LogP contribution in [0.1, 0.15) is 13.2 Å². The van der Waals surface area contributed by atoms with Gasteiger partial charge in [-0.15, -0.1) is 0 Å². The summed E-state index contributed by atoms with van der Waals surface area (Å²) in [4.78, 5) is 26.7. The molecule has 2 fully saturated rings. The van der Waals surface area contributed by atoms with Gasteiger partial charge in [-0.05, 0) is 6.92 Å². The number of halogens is 1. The first-order chi connectivity index (χ1) is 9.35. The molecule has 3 N–H and O–H groups in total. The summed E-state index contributed by atoms with van der Waals surface area (Å²) < 4.78 is 24.5. The molecule has 9 heteroatoms. The van der Waals surface area contributed by atoms with Gasteiger partial charge >= 0.3 is 11.7 Å². The van der Waals surface area contributed by atoms with Gasteiger partial charge < -0.3 is 20.3 Å². The second-order valence-corrected chi connectivity index (χ2v) is 5.01.